The molecule has 0 bridgehead atoms. The molecule has 0 unspecified atom stereocenters. The number of pyridine rings is 1. The molecule has 0 atom stereocenters. The number of furan rings is 1. The van der Waals surface area contributed by atoms with Crippen molar-refractivity contribution in [2.75, 3.05) is 0 Å². The van der Waals surface area contributed by atoms with Crippen LogP contribution >= 0.6 is 15.9 Å². The van der Waals surface area contributed by atoms with Gasteiger partial charge in [-0.1, -0.05) is 33.2 Å². The summed E-state index contributed by atoms with van der Waals surface area (Å²) in [6.07, 6.45) is 3.05. The molecule has 0 aliphatic rings. The van der Waals surface area contributed by atoms with E-state index in [4.69, 9.17) is 8.94 Å². The summed E-state index contributed by atoms with van der Waals surface area (Å²) >= 11 is 3.41. The molecular weight excluding hydrogens is 440 g/mol. The summed E-state index contributed by atoms with van der Waals surface area (Å²) in [7, 11) is 0. The fourth-order valence-electron chi connectivity index (χ4n) is 2.68. The molecule has 29 heavy (non-hydrogen) atoms. The van der Waals surface area contributed by atoms with E-state index in [1.807, 2.05) is 24.3 Å². The predicted octanol–water partition coefficient (Wildman–Crippen LogP) is 3.24. The van der Waals surface area contributed by atoms with Gasteiger partial charge in [-0.2, -0.15) is 4.98 Å². The van der Waals surface area contributed by atoms with Crippen molar-refractivity contribution in [3.05, 3.63) is 81.6 Å². The third-order valence-electron chi connectivity index (χ3n) is 4.09. The van der Waals surface area contributed by atoms with Crippen LogP contribution in [0.3, 0.4) is 0 Å². The Morgan fingerprint density at radius 2 is 2.03 bits per heavy atom. The van der Waals surface area contributed by atoms with Crippen LogP contribution in [0.4, 0.5) is 0 Å². The van der Waals surface area contributed by atoms with Gasteiger partial charge in [0, 0.05) is 22.3 Å². The fraction of sp³-hybridized carbons (Fsp3) is 0.100. The number of rotatable bonds is 6. The van der Waals surface area contributed by atoms with Crippen LogP contribution in [0.1, 0.15) is 5.76 Å². The zero-order valence-corrected chi connectivity index (χ0v) is 16.6. The molecule has 9 heteroatoms. The first-order chi connectivity index (χ1) is 14.1. The highest BCUT2D eigenvalue weighted by Crippen LogP contribution is 2.23. The zero-order valence-electron chi connectivity index (χ0n) is 15.0. The highest BCUT2D eigenvalue weighted by molar-refractivity contribution is 9.10. The van der Waals surface area contributed by atoms with Crippen molar-refractivity contribution in [2.24, 2.45) is 0 Å². The fourth-order valence-corrected chi connectivity index (χ4v) is 3.08. The molecule has 3 aromatic heterocycles. The Kier molecular flexibility index (Phi) is 5.39. The van der Waals surface area contributed by atoms with Gasteiger partial charge >= 0.3 is 0 Å². The lowest BCUT2D eigenvalue weighted by atomic mass is 10.2. The van der Waals surface area contributed by atoms with Crippen LogP contribution in [-0.2, 0) is 17.9 Å². The number of hydrogen-bond acceptors (Lipinski definition) is 6. The summed E-state index contributed by atoms with van der Waals surface area (Å²) in [5, 5.41) is 6.69. The molecular formula is C20H15BrN4O4. The van der Waals surface area contributed by atoms with Crippen LogP contribution in [0.5, 0.6) is 0 Å². The van der Waals surface area contributed by atoms with Crippen molar-refractivity contribution in [1.29, 1.82) is 0 Å². The van der Waals surface area contributed by atoms with Crippen molar-refractivity contribution in [3.8, 4) is 22.8 Å². The van der Waals surface area contributed by atoms with Crippen molar-refractivity contribution in [3.63, 3.8) is 0 Å². The smallest absolute Gasteiger partial charge is 0.259 e. The molecule has 3 heterocycles. The number of carbonyl (C=O) groups is 1. The molecule has 146 valence electrons. The summed E-state index contributed by atoms with van der Waals surface area (Å²) in [5.74, 6) is 0.992. The second-order valence-electron chi connectivity index (χ2n) is 6.17. The maximum Gasteiger partial charge on any atom is 0.259 e. The number of aromatic nitrogens is 3. The van der Waals surface area contributed by atoms with Crippen molar-refractivity contribution >= 4 is 21.8 Å². The monoisotopic (exact) mass is 454 g/mol. The Morgan fingerprint density at radius 3 is 2.83 bits per heavy atom. The van der Waals surface area contributed by atoms with Gasteiger partial charge in [-0.25, -0.2) is 0 Å². The predicted molar refractivity (Wildman–Crippen MR) is 108 cm³/mol. The van der Waals surface area contributed by atoms with Gasteiger partial charge in [-0.15, -0.1) is 0 Å². The SMILES string of the molecule is O=C(Cn1cc(-c2nc(-c3cccc(Br)c3)no2)ccc1=O)NCc1ccco1. The van der Waals surface area contributed by atoms with Gasteiger partial charge in [0.15, 0.2) is 0 Å². The molecule has 0 fully saturated rings. The van der Waals surface area contributed by atoms with Crippen LogP contribution in [0.15, 0.2) is 79.2 Å². The van der Waals surface area contributed by atoms with E-state index in [1.165, 1.54) is 23.1 Å². The summed E-state index contributed by atoms with van der Waals surface area (Å²) in [6, 6.07) is 13.9. The molecule has 1 N–H and O–H groups in total. The number of benzene rings is 1. The number of carbonyl (C=O) groups excluding carboxylic acids is 1. The maximum absolute atomic E-state index is 12.2. The molecule has 0 saturated carbocycles. The van der Waals surface area contributed by atoms with Gasteiger partial charge in [-0.05, 0) is 30.3 Å². The average Bonchev–Trinajstić information content (AvgIpc) is 3.40. The van der Waals surface area contributed by atoms with E-state index in [0.29, 0.717) is 17.1 Å². The quantitative estimate of drug-likeness (QED) is 0.479. The summed E-state index contributed by atoms with van der Waals surface area (Å²) in [5.41, 5.74) is 1.02. The van der Waals surface area contributed by atoms with Gasteiger partial charge in [0.1, 0.15) is 12.3 Å². The Balaban J connectivity index is 1.51. The molecule has 0 saturated heterocycles. The zero-order chi connectivity index (χ0) is 20.2. The van der Waals surface area contributed by atoms with E-state index in [1.54, 1.807) is 18.2 Å². The van der Waals surface area contributed by atoms with Gasteiger partial charge in [0.25, 0.3) is 11.4 Å². The number of nitrogens with zero attached hydrogens (tertiary/aromatic N) is 3. The van der Waals surface area contributed by atoms with Gasteiger partial charge in [0.2, 0.25) is 11.7 Å². The van der Waals surface area contributed by atoms with Gasteiger partial charge < -0.3 is 18.8 Å². The van der Waals surface area contributed by atoms with Crippen LogP contribution in [-0.4, -0.2) is 20.6 Å². The third-order valence-corrected chi connectivity index (χ3v) is 4.59. The molecule has 0 radical (unpaired) electrons. The lowest BCUT2D eigenvalue weighted by Crippen LogP contribution is -2.31. The molecule has 4 aromatic rings. The van der Waals surface area contributed by atoms with E-state index in [9.17, 15) is 9.59 Å². The topological polar surface area (TPSA) is 103 Å². The molecule has 1 amide bonds. The Morgan fingerprint density at radius 1 is 1.14 bits per heavy atom. The maximum atomic E-state index is 12.2. The first-order valence-electron chi connectivity index (χ1n) is 8.68. The number of amides is 1. The summed E-state index contributed by atoms with van der Waals surface area (Å²) in [4.78, 5) is 28.7. The van der Waals surface area contributed by atoms with Crippen LogP contribution in [0.2, 0.25) is 0 Å². The van der Waals surface area contributed by atoms with Crippen LogP contribution in [0, 0.1) is 0 Å². The number of nitrogens with one attached hydrogen (secondary N) is 1. The first kappa shape index (κ1) is 18.9. The molecule has 0 aliphatic heterocycles. The Bertz CT molecular complexity index is 1200. The standard InChI is InChI=1S/C20H15BrN4O4/c21-15-4-1-3-13(9-15)19-23-20(29-24-19)14-6-7-18(27)25(11-14)12-17(26)22-10-16-5-2-8-28-16/h1-9,11H,10,12H2,(H,22,26). The van der Waals surface area contributed by atoms with Crippen molar-refractivity contribution in [1.82, 2.24) is 20.0 Å². The van der Waals surface area contributed by atoms with Gasteiger partial charge in [-0.3, -0.25) is 9.59 Å². The van der Waals surface area contributed by atoms with E-state index < -0.39 is 0 Å². The minimum absolute atomic E-state index is 0.139. The molecule has 0 spiro atoms. The second-order valence-corrected chi connectivity index (χ2v) is 7.09. The lowest BCUT2D eigenvalue weighted by molar-refractivity contribution is -0.121. The highest BCUT2D eigenvalue weighted by atomic mass is 79.9. The minimum atomic E-state index is -0.319. The number of hydrogen-bond donors (Lipinski definition) is 1. The molecule has 0 aliphatic carbocycles. The van der Waals surface area contributed by atoms with Crippen molar-refractivity contribution in [2.45, 2.75) is 13.1 Å². The Labute approximate surface area is 173 Å². The van der Waals surface area contributed by atoms with E-state index in [2.05, 4.69) is 31.4 Å². The Hall–Kier alpha value is -3.46. The van der Waals surface area contributed by atoms with Gasteiger partial charge in [0.05, 0.1) is 18.4 Å². The normalized spacial score (nSPS) is 10.8. The molecule has 8 nitrogen and oxygen atoms in total. The minimum Gasteiger partial charge on any atom is -0.467 e. The van der Waals surface area contributed by atoms with Crippen LogP contribution in [0.25, 0.3) is 22.8 Å². The summed E-state index contributed by atoms with van der Waals surface area (Å²) in [6.45, 7) is 0.111. The molecule has 1 aromatic carbocycles. The first-order valence-corrected chi connectivity index (χ1v) is 9.47. The highest BCUT2D eigenvalue weighted by Gasteiger charge is 2.13. The van der Waals surface area contributed by atoms with E-state index >= 15 is 0 Å². The summed E-state index contributed by atoms with van der Waals surface area (Å²) < 4.78 is 12.7. The second kappa shape index (κ2) is 8.27. The number of halogens is 1. The molecule has 4 rings (SSSR count). The van der Waals surface area contributed by atoms with E-state index in [-0.39, 0.29) is 30.4 Å². The largest absolute Gasteiger partial charge is 0.467 e. The van der Waals surface area contributed by atoms with Crippen molar-refractivity contribution < 1.29 is 13.7 Å². The average molecular weight is 455 g/mol. The lowest BCUT2D eigenvalue weighted by Gasteiger charge is -2.07. The van der Waals surface area contributed by atoms with E-state index in [0.717, 1.165) is 10.0 Å². The van der Waals surface area contributed by atoms with Crippen LogP contribution < -0.4 is 10.9 Å². The third kappa shape index (κ3) is 4.52.